The van der Waals surface area contributed by atoms with Gasteiger partial charge in [0.15, 0.2) is 0 Å². The summed E-state index contributed by atoms with van der Waals surface area (Å²) in [5.74, 6) is 0. The molecule has 0 unspecified atom stereocenters. The monoisotopic (exact) mass is 166 g/mol. The normalized spacial score (nSPS) is 15.5. The average molecular weight is 166 g/mol. The second-order valence-electron chi connectivity index (χ2n) is 3.29. The van der Waals surface area contributed by atoms with Gasteiger partial charge in [-0.05, 0) is 17.2 Å². The summed E-state index contributed by atoms with van der Waals surface area (Å²) in [7, 11) is 0. The minimum absolute atomic E-state index is 0.733. The molecule has 0 fully saturated rings. The SMILES string of the molecule is N#CC1=CN=c2c(ccc3c2=C3)C1. The van der Waals surface area contributed by atoms with E-state index in [4.69, 9.17) is 5.26 Å². The van der Waals surface area contributed by atoms with Crippen molar-refractivity contribution in [2.45, 2.75) is 6.42 Å². The van der Waals surface area contributed by atoms with Crippen molar-refractivity contribution in [2.24, 2.45) is 4.99 Å². The zero-order chi connectivity index (χ0) is 8.84. The van der Waals surface area contributed by atoms with Crippen LogP contribution in [0.3, 0.4) is 0 Å². The maximum absolute atomic E-state index is 8.71. The first-order valence-corrected chi connectivity index (χ1v) is 4.19. The highest BCUT2D eigenvalue weighted by atomic mass is 14.7. The number of nitrogens with zero attached hydrogens (tertiary/aromatic N) is 2. The van der Waals surface area contributed by atoms with Crippen molar-refractivity contribution in [3.05, 3.63) is 45.6 Å². The first-order valence-electron chi connectivity index (χ1n) is 4.19. The van der Waals surface area contributed by atoms with Crippen molar-refractivity contribution in [3.8, 4) is 6.07 Å². The number of nitriles is 1. The number of hydrogen-bond donors (Lipinski definition) is 0. The maximum Gasteiger partial charge on any atom is 0.0966 e. The second-order valence-corrected chi connectivity index (χ2v) is 3.29. The van der Waals surface area contributed by atoms with Crippen LogP contribution < -0.4 is 10.6 Å². The van der Waals surface area contributed by atoms with E-state index in [2.05, 4.69) is 29.3 Å². The molecule has 2 nitrogen and oxygen atoms in total. The quantitative estimate of drug-likeness (QED) is 0.558. The van der Waals surface area contributed by atoms with Crippen molar-refractivity contribution >= 4 is 6.08 Å². The number of rotatable bonds is 0. The molecule has 1 aromatic rings. The van der Waals surface area contributed by atoms with E-state index in [1.807, 2.05) is 0 Å². The Morgan fingerprint density at radius 1 is 1.38 bits per heavy atom. The van der Waals surface area contributed by atoms with E-state index < -0.39 is 0 Å². The average Bonchev–Trinajstić information content (AvgIpc) is 2.95. The van der Waals surface area contributed by atoms with E-state index in [-0.39, 0.29) is 0 Å². The Morgan fingerprint density at radius 2 is 2.31 bits per heavy atom. The first kappa shape index (κ1) is 6.62. The minimum atomic E-state index is 0.733. The second kappa shape index (κ2) is 2.08. The Morgan fingerprint density at radius 3 is 3.15 bits per heavy atom. The van der Waals surface area contributed by atoms with Gasteiger partial charge in [-0.2, -0.15) is 5.26 Å². The predicted molar refractivity (Wildman–Crippen MR) is 48.2 cm³/mol. The summed E-state index contributed by atoms with van der Waals surface area (Å²) in [6, 6.07) is 6.29. The van der Waals surface area contributed by atoms with Crippen LogP contribution in [-0.4, -0.2) is 0 Å². The van der Waals surface area contributed by atoms with Crippen molar-refractivity contribution in [3.63, 3.8) is 0 Å². The van der Waals surface area contributed by atoms with E-state index in [1.165, 1.54) is 16.3 Å². The highest BCUT2D eigenvalue weighted by molar-refractivity contribution is 5.66. The standard InChI is InChI=1S/C11H6N2/c12-5-7-3-9-2-1-8-4-10(8)11(9)13-6-7/h1-2,4,6H,3H2. The number of allylic oxidation sites excluding steroid dienone is 1. The Labute approximate surface area is 75.2 Å². The molecule has 0 spiro atoms. The van der Waals surface area contributed by atoms with Crippen LogP contribution in [0.2, 0.25) is 0 Å². The summed E-state index contributed by atoms with van der Waals surface area (Å²) in [5, 5.41) is 11.0. The lowest BCUT2D eigenvalue weighted by Gasteiger charge is -2.03. The predicted octanol–water partition coefficient (Wildman–Crippen LogP) is 0.412. The first-order chi connectivity index (χ1) is 6.38. The number of fused-ring (bicyclic) bond motifs is 3. The smallest absolute Gasteiger partial charge is 0.0966 e. The van der Waals surface area contributed by atoms with Gasteiger partial charge in [0.05, 0.1) is 17.0 Å². The molecule has 60 valence electrons. The molecule has 13 heavy (non-hydrogen) atoms. The van der Waals surface area contributed by atoms with Gasteiger partial charge >= 0.3 is 0 Å². The molecule has 1 heterocycles. The topological polar surface area (TPSA) is 36.1 Å². The lowest BCUT2D eigenvalue weighted by atomic mass is 10.0. The van der Waals surface area contributed by atoms with E-state index in [0.717, 1.165) is 17.4 Å². The molecule has 0 amide bonds. The molecule has 2 aliphatic rings. The molecule has 3 rings (SSSR count). The van der Waals surface area contributed by atoms with Crippen molar-refractivity contribution < 1.29 is 0 Å². The molecule has 0 aromatic heterocycles. The van der Waals surface area contributed by atoms with Crippen LogP contribution >= 0.6 is 0 Å². The highest BCUT2D eigenvalue weighted by Crippen LogP contribution is 2.10. The molecule has 1 aliphatic heterocycles. The summed E-state index contributed by atoms with van der Waals surface area (Å²) in [4.78, 5) is 4.28. The third-order valence-electron chi connectivity index (χ3n) is 2.42. The molecule has 0 saturated carbocycles. The van der Waals surface area contributed by atoms with Gasteiger partial charge in [-0.3, -0.25) is 4.99 Å². The van der Waals surface area contributed by atoms with Crippen LogP contribution in [-0.2, 0) is 6.42 Å². The zero-order valence-corrected chi connectivity index (χ0v) is 6.91. The number of benzene rings is 1. The molecular weight excluding hydrogens is 160 g/mol. The zero-order valence-electron chi connectivity index (χ0n) is 6.91. The summed E-state index contributed by atoms with van der Waals surface area (Å²) >= 11 is 0. The Bertz CT molecular complexity index is 586. The summed E-state index contributed by atoms with van der Waals surface area (Å²) in [5.41, 5.74) is 3.20. The summed E-state index contributed by atoms with van der Waals surface area (Å²) in [6.07, 6.45) is 4.53. The van der Waals surface area contributed by atoms with Crippen LogP contribution in [0.15, 0.2) is 28.9 Å². The molecule has 0 bridgehead atoms. The van der Waals surface area contributed by atoms with E-state index in [9.17, 15) is 0 Å². The Kier molecular flexibility index (Phi) is 1.06. The third-order valence-corrected chi connectivity index (χ3v) is 2.42. The molecule has 0 saturated heterocycles. The fraction of sp³-hybridized carbons (Fsp3) is 0.0909. The van der Waals surface area contributed by atoms with Gasteiger partial charge < -0.3 is 0 Å². The summed E-state index contributed by atoms with van der Waals surface area (Å²) in [6.45, 7) is 0. The van der Waals surface area contributed by atoms with Gasteiger partial charge in [0.25, 0.3) is 0 Å². The van der Waals surface area contributed by atoms with Crippen LogP contribution in [0.5, 0.6) is 0 Å². The molecule has 2 heteroatoms. The summed E-state index contributed by atoms with van der Waals surface area (Å²) < 4.78 is 0. The van der Waals surface area contributed by atoms with Crippen LogP contribution in [0.25, 0.3) is 6.08 Å². The van der Waals surface area contributed by atoms with Crippen molar-refractivity contribution in [2.75, 3.05) is 0 Å². The van der Waals surface area contributed by atoms with Crippen molar-refractivity contribution in [1.29, 1.82) is 5.26 Å². The molecular formula is C11H6N2. The van der Waals surface area contributed by atoms with Crippen LogP contribution in [0.1, 0.15) is 11.1 Å². The highest BCUT2D eigenvalue weighted by Gasteiger charge is 2.13. The largest absolute Gasteiger partial charge is 0.255 e. The lowest BCUT2D eigenvalue weighted by Crippen LogP contribution is -2.25. The maximum atomic E-state index is 8.71. The molecule has 0 radical (unpaired) electrons. The molecule has 1 aromatic carbocycles. The van der Waals surface area contributed by atoms with E-state index in [1.54, 1.807) is 6.20 Å². The van der Waals surface area contributed by atoms with Gasteiger partial charge in [0, 0.05) is 17.8 Å². The molecule has 0 atom stereocenters. The van der Waals surface area contributed by atoms with E-state index >= 15 is 0 Å². The molecule has 0 N–H and O–H groups in total. The van der Waals surface area contributed by atoms with Gasteiger partial charge in [-0.15, -0.1) is 0 Å². The fourth-order valence-electron chi connectivity index (χ4n) is 1.66. The fourth-order valence-corrected chi connectivity index (χ4v) is 1.66. The van der Waals surface area contributed by atoms with Crippen LogP contribution in [0, 0.1) is 11.3 Å². The van der Waals surface area contributed by atoms with Gasteiger partial charge in [-0.25, -0.2) is 0 Å². The minimum Gasteiger partial charge on any atom is -0.255 e. The lowest BCUT2D eigenvalue weighted by molar-refractivity contribution is 1.07. The van der Waals surface area contributed by atoms with Crippen LogP contribution in [0.4, 0.5) is 0 Å². The van der Waals surface area contributed by atoms with Gasteiger partial charge in [0.2, 0.25) is 0 Å². The Balaban J connectivity index is 2.33. The van der Waals surface area contributed by atoms with Gasteiger partial charge in [0.1, 0.15) is 0 Å². The van der Waals surface area contributed by atoms with Gasteiger partial charge in [-0.1, -0.05) is 12.1 Å². The van der Waals surface area contributed by atoms with Crippen molar-refractivity contribution in [1.82, 2.24) is 0 Å². The Hall–Kier alpha value is -1.88. The number of hydrogen-bond acceptors (Lipinski definition) is 2. The third kappa shape index (κ3) is 0.844. The van der Waals surface area contributed by atoms with E-state index in [0.29, 0.717) is 0 Å². The molecule has 1 aliphatic carbocycles.